The predicted octanol–water partition coefficient (Wildman–Crippen LogP) is 12.7. The largest absolute Gasteiger partial charge is 0.457 e. The van der Waals surface area contributed by atoms with Gasteiger partial charge >= 0.3 is 0 Å². The van der Waals surface area contributed by atoms with E-state index in [1.807, 2.05) is 48.7 Å². The van der Waals surface area contributed by atoms with Crippen molar-refractivity contribution in [1.82, 2.24) is 13.8 Å². The molecular weight excluding hydrogens is 675 g/mol. The third-order valence-corrected chi connectivity index (χ3v) is 11.3. The Bertz CT molecular complexity index is 3480. The van der Waals surface area contributed by atoms with E-state index in [-0.39, 0.29) is 0 Å². The number of aromatic nitrogens is 3. The van der Waals surface area contributed by atoms with E-state index in [2.05, 4.69) is 128 Å². The highest BCUT2D eigenvalue weighted by molar-refractivity contribution is 6.23. The summed E-state index contributed by atoms with van der Waals surface area (Å²) in [6.45, 7) is -1.59. The lowest BCUT2D eigenvalue weighted by Gasteiger charge is -2.22. The molecule has 6 nitrogen and oxygen atoms in total. The van der Waals surface area contributed by atoms with E-state index in [4.69, 9.17) is 13.8 Å². The molecule has 0 radical (unpaired) electrons. The zero-order valence-corrected chi connectivity index (χ0v) is 29.5. The van der Waals surface area contributed by atoms with Crippen LogP contribution in [0.4, 0.5) is 22.7 Å². The Kier molecular flexibility index (Phi) is 5.63. The Morgan fingerprint density at radius 2 is 1.15 bits per heavy atom. The predicted molar refractivity (Wildman–Crippen MR) is 227 cm³/mol. The van der Waals surface area contributed by atoms with Crippen LogP contribution in [0.5, 0.6) is 11.5 Å². The van der Waals surface area contributed by atoms with Crippen molar-refractivity contribution in [2.24, 2.45) is 0 Å². The van der Waals surface area contributed by atoms with E-state index in [0.29, 0.717) is 18.0 Å². The van der Waals surface area contributed by atoms with E-state index >= 15 is 0 Å². The van der Waals surface area contributed by atoms with Crippen molar-refractivity contribution < 1.29 is 8.85 Å². The molecule has 260 valence electrons. The van der Waals surface area contributed by atoms with Crippen LogP contribution in [0, 0.1) is 6.85 Å². The van der Waals surface area contributed by atoms with Crippen molar-refractivity contribution in [3.63, 3.8) is 0 Å². The summed E-state index contributed by atoms with van der Waals surface area (Å²) in [5.41, 5.74) is 10.8. The van der Waals surface area contributed by atoms with Gasteiger partial charge in [-0.3, -0.25) is 4.40 Å². The van der Waals surface area contributed by atoms with Crippen LogP contribution < -0.4 is 14.5 Å². The minimum atomic E-state index is -2.15. The number of fused-ring (bicyclic) bond motifs is 11. The zero-order valence-electron chi connectivity index (χ0n) is 32.5. The molecule has 11 aromatic rings. The van der Waals surface area contributed by atoms with Crippen LogP contribution in [-0.4, -0.2) is 20.5 Å². The Morgan fingerprint density at radius 1 is 0.491 bits per heavy atom. The lowest BCUT2D eigenvalue weighted by Crippen LogP contribution is -2.23. The molecule has 4 aromatic heterocycles. The minimum absolute atomic E-state index is 0.328. The summed E-state index contributed by atoms with van der Waals surface area (Å²) >= 11 is 0. The number of pyridine rings is 1. The number of para-hydroxylation sites is 5. The Labute approximate surface area is 320 Å². The summed E-state index contributed by atoms with van der Waals surface area (Å²) in [7, 11) is 0. The van der Waals surface area contributed by atoms with Gasteiger partial charge in [-0.05, 0) is 79.6 Å². The fourth-order valence-electron chi connectivity index (χ4n) is 8.91. The zero-order chi connectivity index (χ0) is 38.7. The topological polar surface area (TPSA) is 37.4 Å². The molecule has 0 fully saturated rings. The number of rotatable bonds is 4. The summed E-state index contributed by atoms with van der Waals surface area (Å²) in [5.74, 6) is 1.43. The van der Waals surface area contributed by atoms with Crippen molar-refractivity contribution in [3.8, 4) is 11.5 Å². The number of benzene rings is 7. The molecular formula is C49H33N5O. The molecule has 0 N–H and O–H groups in total. The van der Waals surface area contributed by atoms with Crippen molar-refractivity contribution in [2.75, 3.05) is 16.5 Å². The number of aryl methyl sites for hydroxylation is 1. The van der Waals surface area contributed by atoms with Gasteiger partial charge in [-0.25, -0.2) is 4.98 Å². The van der Waals surface area contributed by atoms with Gasteiger partial charge in [0.05, 0.1) is 39.0 Å². The van der Waals surface area contributed by atoms with E-state index in [1.165, 1.54) is 21.8 Å². The summed E-state index contributed by atoms with van der Waals surface area (Å²) in [6, 6.07) is 56.0. The van der Waals surface area contributed by atoms with Crippen molar-refractivity contribution in [3.05, 3.63) is 176 Å². The molecule has 0 saturated carbocycles. The Hall–Kier alpha value is -7.31. The summed E-state index contributed by atoms with van der Waals surface area (Å²) in [6.07, 6.45) is 1.88. The van der Waals surface area contributed by atoms with Crippen LogP contribution in [-0.2, 0) is 0 Å². The minimum Gasteiger partial charge on any atom is -0.457 e. The van der Waals surface area contributed by atoms with Crippen molar-refractivity contribution in [2.45, 2.75) is 6.85 Å². The van der Waals surface area contributed by atoms with E-state index in [9.17, 15) is 0 Å². The average molecular weight is 711 g/mol. The fourth-order valence-corrected chi connectivity index (χ4v) is 8.91. The molecule has 0 spiro atoms. The molecule has 0 aliphatic carbocycles. The highest BCUT2D eigenvalue weighted by Gasteiger charge is 2.28. The first kappa shape index (κ1) is 27.3. The number of hydrogen-bond acceptors (Lipinski definition) is 4. The van der Waals surface area contributed by atoms with E-state index in [1.54, 1.807) is 12.1 Å². The smallest absolute Gasteiger partial charge is 0.145 e. The quantitative estimate of drug-likeness (QED) is 0.182. The van der Waals surface area contributed by atoms with Crippen LogP contribution in [0.1, 0.15) is 9.68 Å². The van der Waals surface area contributed by atoms with Crippen LogP contribution >= 0.6 is 0 Å². The van der Waals surface area contributed by atoms with Crippen LogP contribution in [0.3, 0.4) is 0 Å². The van der Waals surface area contributed by atoms with Crippen molar-refractivity contribution in [1.29, 1.82) is 0 Å². The van der Waals surface area contributed by atoms with Gasteiger partial charge in [0.2, 0.25) is 0 Å². The van der Waals surface area contributed by atoms with Gasteiger partial charge < -0.3 is 18.9 Å². The molecule has 5 heterocycles. The van der Waals surface area contributed by atoms with Crippen LogP contribution in [0.15, 0.2) is 170 Å². The second-order valence-corrected chi connectivity index (χ2v) is 14.2. The van der Waals surface area contributed by atoms with Gasteiger partial charge in [0.25, 0.3) is 0 Å². The molecule has 1 aliphatic rings. The van der Waals surface area contributed by atoms with E-state index in [0.717, 1.165) is 72.2 Å². The Morgan fingerprint density at radius 3 is 2.00 bits per heavy atom. The first-order valence-corrected chi connectivity index (χ1v) is 18.5. The standard InChI is InChI=1S/C49H33N5O/c1-31-21-23-32(24-22-31)51-30-52(44-19-5-4-18-43(44)51)33-10-6-11-34(28-33)55-35-25-26-37-39-15-8-20-45-48(39)54(46(37)29-35)49-41(16-9-27-50-49)40-14-7-13-38-36-12-2-3-17-42(36)53(45)47(38)40/h2-29H,30H2,1H3/i1D3. The lowest BCUT2D eigenvalue weighted by atomic mass is 10.1. The first-order valence-electron chi connectivity index (χ1n) is 20.0. The third-order valence-electron chi connectivity index (χ3n) is 11.3. The molecule has 7 aromatic carbocycles. The number of hydrogen-bond donors (Lipinski definition) is 0. The molecule has 1 aliphatic heterocycles. The first-order chi connectivity index (χ1) is 28.4. The highest BCUT2D eigenvalue weighted by Crippen LogP contribution is 2.45. The third kappa shape index (κ3) is 4.33. The fraction of sp³-hybridized carbons (Fsp3) is 0.0408. The summed E-state index contributed by atoms with van der Waals surface area (Å²) < 4.78 is 34.9. The average Bonchev–Trinajstić information content (AvgIpc) is 3.91. The molecule has 0 unspecified atom stereocenters. The molecule has 6 heteroatoms. The van der Waals surface area contributed by atoms with Gasteiger partial charge in [-0.15, -0.1) is 0 Å². The van der Waals surface area contributed by atoms with Gasteiger partial charge in [0.1, 0.15) is 23.8 Å². The molecule has 12 rings (SSSR count). The summed E-state index contributed by atoms with van der Waals surface area (Å²) in [5, 5.41) is 6.91. The normalized spacial score (nSPS) is 14.1. The molecule has 0 saturated heterocycles. The van der Waals surface area contributed by atoms with Gasteiger partial charge in [0.15, 0.2) is 0 Å². The van der Waals surface area contributed by atoms with Crippen LogP contribution in [0.2, 0.25) is 0 Å². The monoisotopic (exact) mass is 710 g/mol. The second-order valence-electron chi connectivity index (χ2n) is 14.2. The lowest BCUT2D eigenvalue weighted by molar-refractivity contribution is 0.483. The molecule has 0 bridgehead atoms. The van der Waals surface area contributed by atoms with Crippen LogP contribution in [0.25, 0.3) is 65.5 Å². The molecule has 55 heavy (non-hydrogen) atoms. The maximum Gasteiger partial charge on any atom is 0.145 e. The highest BCUT2D eigenvalue weighted by atomic mass is 16.5. The van der Waals surface area contributed by atoms with Gasteiger partial charge in [0, 0.05) is 66.1 Å². The van der Waals surface area contributed by atoms with Crippen molar-refractivity contribution >= 4 is 88.3 Å². The number of anilines is 4. The van der Waals surface area contributed by atoms with Gasteiger partial charge in [-0.2, -0.15) is 0 Å². The maximum absolute atomic E-state index is 7.81. The number of nitrogens with zero attached hydrogens (tertiary/aromatic N) is 5. The number of ether oxygens (including phenoxy) is 1. The Balaban J connectivity index is 0.999. The van der Waals surface area contributed by atoms with Gasteiger partial charge in [-0.1, -0.05) is 84.4 Å². The summed E-state index contributed by atoms with van der Waals surface area (Å²) in [4.78, 5) is 9.55. The molecule has 0 amide bonds. The maximum atomic E-state index is 7.81. The molecule has 0 atom stereocenters. The second kappa shape index (κ2) is 11.3. The SMILES string of the molecule is [2H]C([2H])([2H])c1ccc(N2CN(c3cccc(Oc4ccc5c6cccc7c6n(c5c4)c4ncccc4c4cccc5c6ccccc6n7c54)c3)c3ccccc32)cc1. The van der Waals surface area contributed by atoms with E-state index < -0.39 is 6.85 Å².